The van der Waals surface area contributed by atoms with Crippen molar-refractivity contribution >= 4 is 17.7 Å². The third-order valence-electron chi connectivity index (χ3n) is 5.49. The fraction of sp³-hybridized carbons (Fsp3) is 0.269. The Morgan fingerprint density at radius 2 is 1.88 bits per heavy atom. The molecule has 0 bridgehead atoms. The van der Waals surface area contributed by atoms with Crippen LogP contribution in [0.5, 0.6) is 0 Å². The van der Waals surface area contributed by atoms with Crippen LogP contribution in [0.25, 0.3) is 11.3 Å². The topological polar surface area (TPSA) is 93.3 Å². The first-order chi connectivity index (χ1) is 15.6. The first-order valence-electron chi connectivity index (χ1n) is 10.6. The molecule has 4 rings (SSSR count). The van der Waals surface area contributed by atoms with Gasteiger partial charge in [-0.1, -0.05) is 36.4 Å². The fourth-order valence-electron chi connectivity index (χ4n) is 3.93. The van der Waals surface area contributed by atoms with Crippen molar-refractivity contribution in [3.8, 4) is 17.3 Å². The number of nitrogens with zero attached hydrogens (tertiary/aromatic N) is 2. The largest absolute Gasteiger partial charge is 0.443 e. The van der Waals surface area contributed by atoms with Crippen molar-refractivity contribution in [2.75, 3.05) is 11.9 Å². The van der Waals surface area contributed by atoms with E-state index in [2.05, 4.69) is 11.4 Å². The Morgan fingerprint density at radius 1 is 1.15 bits per heavy atom. The number of nitriles is 1. The van der Waals surface area contributed by atoms with Gasteiger partial charge in [-0.25, -0.2) is 9.36 Å². The van der Waals surface area contributed by atoms with Gasteiger partial charge in [-0.3, -0.25) is 4.79 Å². The average molecular weight is 444 g/mol. The lowest BCUT2D eigenvalue weighted by atomic mass is 9.85. The van der Waals surface area contributed by atoms with Gasteiger partial charge in [0.05, 0.1) is 5.69 Å². The van der Waals surface area contributed by atoms with Gasteiger partial charge in [-0.15, -0.1) is 0 Å². The van der Waals surface area contributed by atoms with Crippen molar-refractivity contribution in [2.45, 2.75) is 38.9 Å². The highest BCUT2D eigenvalue weighted by molar-refractivity contribution is 5.94. The van der Waals surface area contributed by atoms with E-state index in [1.807, 2.05) is 43.3 Å². The van der Waals surface area contributed by atoms with Crippen molar-refractivity contribution in [1.82, 2.24) is 4.57 Å². The highest BCUT2D eigenvalue weighted by atomic mass is 16.6. The number of ether oxygens (including phenoxy) is 2. The lowest BCUT2D eigenvalue weighted by Gasteiger charge is -2.30. The summed E-state index contributed by atoms with van der Waals surface area (Å²) in [5.74, 6) is -0.243. The molecular weight excluding hydrogens is 418 g/mol. The summed E-state index contributed by atoms with van der Waals surface area (Å²) in [5.41, 5.74) is 1.99. The molecule has 2 heterocycles. The Balaban J connectivity index is 1.88. The van der Waals surface area contributed by atoms with E-state index in [0.29, 0.717) is 16.9 Å². The van der Waals surface area contributed by atoms with Gasteiger partial charge >= 0.3 is 6.09 Å². The maximum atomic E-state index is 12.9. The molecule has 0 fully saturated rings. The molecule has 0 spiro atoms. The van der Waals surface area contributed by atoms with Crippen LogP contribution in [0.4, 0.5) is 10.5 Å². The van der Waals surface area contributed by atoms with Crippen molar-refractivity contribution in [3.63, 3.8) is 0 Å². The number of anilines is 1. The van der Waals surface area contributed by atoms with Crippen LogP contribution in [0.2, 0.25) is 0 Å². The van der Waals surface area contributed by atoms with E-state index >= 15 is 0 Å². The van der Waals surface area contributed by atoms with Crippen LogP contribution < -0.4 is 5.32 Å². The molecule has 0 aliphatic carbocycles. The third kappa shape index (κ3) is 4.26. The number of fused-ring (bicyclic) bond motifs is 1. The van der Waals surface area contributed by atoms with Crippen LogP contribution in [-0.2, 0) is 19.9 Å². The predicted octanol–water partition coefficient (Wildman–Crippen LogP) is 5.04. The van der Waals surface area contributed by atoms with E-state index < -0.39 is 17.3 Å². The zero-order valence-corrected chi connectivity index (χ0v) is 19.0. The zero-order valence-electron chi connectivity index (χ0n) is 19.0. The Kier molecular flexibility index (Phi) is 5.56. The highest BCUT2D eigenvalue weighted by Gasteiger charge is 2.36. The maximum Gasteiger partial charge on any atom is 0.420 e. The van der Waals surface area contributed by atoms with Gasteiger partial charge in [0.15, 0.2) is 0 Å². The Bertz CT molecular complexity index is 1260. The summed E-state index contributed by atoms with van der Waals surface area (Å²) in [6.45, 7) is 7.14. The molecule has 1 unspecified atom stereocenters. The summed E-state index contributed by atoms with van der Waals surface area (Å²) >= 11 is 0. The fourth-order valence-corrected chi connectivity index (χ4v) is 3.93. The van der Waals surface area contributed by atoms with E-state index in [1.54, 1.807) is 45.0 Å². The number of aromatic nitrogens is 1. The maximum absolute atomic E-state index is 12.9. The molecule has 1 aromatic heterocycles. The quantitative estimate of drug-likeness (QED) is 0.599. The molecule has 0 radical (unpaired) electrons. The van der Waals surface area contributed by atoms with Crippen molar-refractivity contribution in [2.24, 2.45) is 0 Å². The molecule has 0 saturated heterocycles. The van der Waals surface area contributed by atoms with E-state index in [0.717, 1.165) is 11.1 Å². The molecule has 1 atom stereocenters. The van der Waals surface area contributed by atoms with Crippen LogP contribution >= 0.6 is 0 Å². The van der Waals surface area contributed by atoms with Crippen LogP contribution in [0, 0.1) is 11.3 Å². The Labute approximate surface area is 192 Å². The standard InChI is InChI=1S/C26H25N3O4/c1-25(2,3)33-24(31)29-19(15-27)11-13-22(29)17-10-12-21-20(14-17)26(4,32-16-23(30)28-21)18-8-6-5-7-9-18/h5-14H,16H2,1-4H3,(H,28,30). The van der Waals surface area contributed by atoms with Crippen LogP contribution in [0.15, 0.2) is 60.7 Å². The lowest BCUT2D eigenvalue weighted by Crippen LogP contribution is -2.29. The number of hydrogen-bond acceptors (Lipinski definition) is 5. The number of hydrogen-bond donors (Lipinski definition) is 1. The van der Waals surface area contributed by atoms with Gasteiger partial charge in [-0.2, -0.15) is 5.26 Å². The van der Waals surface area contributed by atoms with E-state index in [9.17, 15) is 14.9 Å². The van der Waals surface area contributed by atoms with E-state index in [-0.39, 0.29) is 18.2 Å². The number of benzene rings is 2. The normalized spacial score (nSPS) is 18.0. The van der Waals surface area contributed by atoms with Gasteiger partial charge in [0.2, 0.25) is 5.91 Å². The molecule has 1 N–H and O–H groups in total. The van der Waals surface area contributed by atoms with E-state index in [1.165, 1.54) is 4.57 Å². The molecule has 33 heavy (non-hydrogen) atoms. The monoisotopic (exact) mass is 443 g/mol. The second kappa shape index (κ2) is 8.23. The first-order valence-corrected chi connectivity index (χ1v) is 10.6. The zero-order chi connectivity index (χ0) is 23.8. The minimum atomic E-state index is -0.910. The Hall–Kier alpha value is -3.89. The molecule has 3 aromatic rings. The highest BCUT2D eigenvalue weighted by Crippen LogP contribution is 2.41. The second-order valence-electron chi connectivity index (χ2n) is 9.03. The SMILES string of the molecule is CC(C)(C)OC(=O)n1c(C#N)ccc1-c1ccc2c(c1)C(C)(c1ccccc1)OCC(=O)N2. The minimum Gasteiger partial charge on any atom is -0.443 e. The van der Waals surface area contributed by atoms with Crippen molar-refractivity contribution in [3.05, 3.63) is 77.5 Å². The summed E-state index contributed by atoms with van der Waals surface area (Å²) in [6, 6.07) is 20.5. The molecule has 1 aliphatic heterocycles. The summed E-state index contributed by atoms with van der Waals surface area (Å²) in [7, 11) is 0. The average Bonchev–Trinajstić information content (AvgIpc) is 3.16. The summed E-state index contributed by atoms with van der Waals surface area (Å²) < 4.78 is 12.9. The number of rotatable bonds is 2. The van der Waals surface area contributed by atoms with Gasteiger partial charge < -0.3 is 14.8 Å². The van der Waals surface area contributed by atoms with Crippen molar-refractivity contribution in [1.29, 1.82) is 5.26 Å². The lowest BCUT2D eigenvalue weighted by molar-refractivity contribution is -0.124. The molecule has 1 aliphatic rings. The summed E-state index contributed by atoms with van der Waals surface area (Å²) in [4.78, 5) is 25.2. The number of amides is 1. The minimum absolute atomic E-state index is 0.0950. The van der Waals surface area contributed by atoms with Gasteiger partial charge in [-0.05, 0) is 63.1 Å². The van der Waals surface area contributed by atoms with Gasteiger partial charge in [0.1, 0.15) is 29.6 Å². The molecule has 0 saturated carbocycles. The van der Waals surface area contributed by atoms with Gasteiger partial charge in [0.25, 0.3) is 0 Å². The third-order valence-corrected chi connectivity index (χ3v) is 5.49. The second-order valence-corrected chi connectivity index (χ2v) is 9.03. The Morgan fingerprint density at radius 3 is 2.55 bits per heavy atom. The van der Waals surface area contributed by atoms with E-state index in [4.69, 9.17) is 9.47 Å². The predicted molar refractivity (Wildman–Crippen MR) is 124 cm³/mol. The molecule has 7 heteroatoms. The molecule has 7 nitrogen and oxygen atoms in total. The summed E-state index contributed by atoms with van der Waals surface area (Å²) in [5, 5.41) is 12.5. The molecule has 1 amide bonds. The number of carbonyl (C=O) groups is 2. The molecule has 2 aromatic carbocycles. The first kappa shape index (κ1) is 22.3. The van der Waals surface area contributed by atoms with Crippen LogP contribution in [0.1, 0.15) is 44.5 Å². The molecular formula is C26H25N3O4. The number of nitrogens with one attached hydrogen (secondary N) is 1. The molecule has 168 valence electrons. The number of carbonyl (C=O) groups excluding carboxylic acids is 2. The van der Waals surface area contributed by atoms with Crippen LogP contribution in [-0.4, -0.2) is 28.8 Å². The van der Waals surface area contributed by atoms with Gasteiger partial charge in [0, 0.05) is 11.3 Å². The van der Waals surface area contributed by atoms with Crippen molar-refractivity contribution < 1.29 is 19.1 Å². The summed E-state index contributed by atoms with van der Waals surface area (Å²) in [6.07, 6.45) is -0.635. The van der Waals surface area contributed by atoms with Crippen LogP contribution in [0.3, 0.4) is 0 Å². The smallest absolute Gasteiger partial charge is 0.420 e.